The van der Waals surface area contributed by atoms with Crippen LogP contribution in [0.25, 0.3) is 5.69 Å². The fourth-order valence-electron chi connectivity index (χ4n) is 3.14. The summed E-state index contributed by atoms with van der Waals surface area (Å²) in [7, 11) is 0. The zero-order valence-corrected chi connectivity index (χ0v) is 14.9. The van der Waals surface area contributed by atoms with Crippen LogP contribution in [-0.4, -0.2) is 44.9 Å². The SMILES string of the molecule is Cc1cc(C)n(-c2ccc(NC(=O)N3CCC(C)(C(=O)O)C3)cc2F)n1. The summed E-state index contributed by atoms with van der Waals surface area (Å²) in [4.78, 5) is 25.0. The van der Waals surface area contributed by atoms with Crippen LogP contribution in [0.5, 0.6) is 0 Å². The molecule has 2 amide bonds. The van der Waals surface area contributed by atoms with Gasteiger partial charge in [0.25, 0.3) is 0 Å². The number of aromatic nitrogens is 2. The van der Waals surface area contributed by atoms with Gasteiger partial charge in [0.05, 0.1) is 11.1 Å². The molecule has 2 aromatic rings. The van der Waals surface area contributed by atoms with E-state index in [2.05, 4.69) is 10.4 Å². The topological polar surface area (TPSA) is 87.5 Å². The number of likely N-dealkylation sites (tertiary alicyclic amines) is 1. The Morgan fingerprint density at radius 2 is 2.04 bits per heavy atom. The van der Waals surface area contributed by atoms with Gasteiger partial charge < -0.3 is 15.3 Å². The number of amides is 2. The van der Waals surface area contributed by atoms with Crippen molar-refractivity contribution in [2.45, 2.75) is 27.2 Å². The number of halogens is 1. The summed E-state index contributed by atoms with van der Waals surface area (Å²) in [6.45, 7) is 5.76. The van der Waals surface area contributed by atoms with Gasteiger partial charge in [0.15, 0.2) is 5.82 Å². The lowest BCUT2D eigenvalue weighted by Gasteiger charge is -2.20. The van der Waals surface area contributed by atoms with Crippen LogP contribution in [0.15, 0.2) is 24.3 Å². The first kappa shape index (κ1) is 17.9. The smallest absolute Gasteiger partial charge is 0.321 e. The zero-order valence-electron chi connectivity index (χ0n) is 14.9. The Balaban J connectivity index is 1.73. The van der Waals surface area contributed by atoms with Gasteiger partial charge in [-0.05, 0) is 51.5 Å². The molecule has 0 bridgehead atoms. The van der Waals surface area contributed by atoms with Gasteiger partial charge >= 0.3 is 12.0 Å². The molecule has 0 radical (unpaired) electrons. The van der Waals surface area contributed by atoms with Gasteiger partial charge in [0.1, 0.15) is 5.69 Å². The molecule has 1 aromatic heterocycles. The number of urea groups is 1. The summed E-state index contributed by atoms with van der Waals surface area (Å²) in [5.41, 5.74) is 1.26. The lowest BCUT2D eigenvalue weighted by atomic mass is 9.90. The lowest BCUT2D eigenvalue weighted by molar-refractivity contribution is -0.146. The minimum Gasteiger partial charge on any atom is -0.481 e. The average Bonchev–Trinajstić information content (AvgIpc) is 3.11. The second kappa shape index (κ2) is 6.44. The minimum absolute atomic E-state index is 0.125. The van der Waals surface area contributed by atoms with E-state index in [0.29, 0.717) is 24.3 Å². The van der Waals surface area contributed by atoms with Crippen LogP contribution in [0, 0.1) is 25.1 Å². The zero-order chi connectivity index (χ0) is 19.1. The van der Waals surface area contributed by atoms with Crippen molar-refractivity contribution in [1.29, 1.82) is 0 Å². The van der Waals surface area contributed by atoms with E-state index in [4.69, 9.17) is 0 Å². The van der Waals surface area contributed by atoms with E-state index in [1.807, 2.05) is 19.9 Å². The first-order chi connectivity index (χ1) is 12.2. The number of aryl methyl sites for hydroxylation is 2. The number of hydrogen-bond donors (Lipinski definition) is 2. The largest absolute Gasteiger partial charge is 0.481 e. The van der Waals surface area contributed by atoms with Crippen LogP contribution in [0.3, 0.4) is 0 Å². The fraction of sp³-hybridized carbons (Fsp3) is 0.389. The van der Waals surface area contributed by atoms with Gasteiger partial charge in [0, 0.05) is 24.5 Å². The van der Waals surface area contributed by atoms with E-state index >= 15 is 0 Å². The van der Waals surface area contributed by atoms with Gasteiger partial charge in [-0.25, -0.2) is 13.9 Å². The molecule has 0 spiro atoms. The second-order valence-corrected chi connectivity index (χ2v) is 6.97. The van der Waals surface area contributed by atoms with Crippen LogP contribution in [0.4, 0.5) is 14.9 Å². The number of anilines is 1. The van der Waals surface area contributed by atoms with Crippen molar-refractivity contribution in [2.75, 3.05) is 18.4 Å². The van der Waals surface area contributed by atoms with Crippen molar-refractivity contribution in [3.63, 3.8) is 0 Å². The number of carbonyl (C=O) groups excluding carboxylic acids is 1. The number of carbonyl (C=O) groups is 2. The van der Waals surface area contributed by atoms with Crippen LogP contribution in [-0.2, 0) is 4.79 Å². The molecule has 8 heteroatoms. The molecule has 26 heavy (non-hydrogen) atoms. The molecule has 0 aliphatic carbocycles. The normalized spacial score (nSPS) is 19.6. The Morgan fingerprint density at radius 1 is 1.31 bits per heavy atom. The molecule has 1 aromatic carbocycles. The molecule has 2 N–H and O–H groups in total. The molecule has 1 fully saturated rings. The molecule has 7 nitrogen and oxygen atoms in total. The van der Waals surface area contributed by atoms with E-state index in [9.17, 15) is 19.1 Å². The maximum atomic E-state index is 14.5. The molecule has 1 aliphatic rings. The van der Waals surface area contributed by atoms with Gasteiger partial charge in [0.2, 0.25) is 0 Å². The van der Waals surface area contributed by atoms with E-state index < -0.39 is 23.2 Å². The monoisotopic (exact) mass is 360 g/mol. The minimum atomic E-state index is -0.943. The molecule has 0 saturated carbocycles. The second-order valence-electron chi connectivity index (χ2n) is 6.97. The van der Waals surface area contributed by atoms with Crippen molar-refractivity contribution in [1.82, 2.24) is 14.7 Å². The van der Waals surface area contributed by atoms with Crippen molar-refractivity contribution in [3.05, 3.63) is 41.5 Å². The summed E-state index contributed by atoms with van der Waals surface area (Å²) in [5, 5.41) is 16.1. The molecular weight excluding hydrogens is 339 g/mol. The maximum absolute atomic E-state index is 14.5. The van der Waals surface area contributed by atoms with Crippen LogP contribution >= 0.6 is 0 Å². The molecular formula is C18H21FN4O3. The van der Waals surface area contributed by atoms with E-state index in [-0.39, 0.29) is 6.54 Å². The summed E-state index contributed by atoms with van der Waals surface area (Å²) in [6, 6.07) is 5.79. The highest BCUT2D eigenvalue weighted by Crippen LogP contribution is 2.30. The molecule has 1 aliphatic heterocycles. The first-order valence-electron chi connectivity index (χ1n) is 8.32. The summed E-state index contributed by atoms with van der Waals surface area (Å²) in [5.74, 6) is -1.43. The predicted octanol–water partition coefficient (Wildman–Crippen LogP) is 2.96. The summed E-state index contributed by atoms with van der Waals surface area (Å²) < 4.78 is 16.0. The molecule has 138 valence electrons. The molecule has 2 heterocycles. The molecule has 1 atom stereocenters. The van der Waals surface area contributed by atoms with Gasteiger partial charge in [-0.3, -0.25) is 4.79 Å². The Bertz CT molecular complexity index is 879. The number of aliphatic carboxylic acids is 1. The number of rotatable bonds is 3. The van der Waals surface area contributed by atoms with Crippen LogP contribution in [0.2, 0.25) is 0 Å². The predicted molar refractivity (Wildman–Crippen MR) is 93.9 cm³/mol. The highest BCUT2D eigenvalue weighted by Gasteiger charge is 2.42. The molecule has 1 unspecified atom stereocenters. The number of nitrogens with zero attached hydrogens (tertiary/aromatic N) is 3. The number of carboxylic acid groups (broad SMARTS) is 1. The highest BCUT2D eigenvalue weighted by molar-refractivity contribution is 5.90. The van der Waals surface area contributed by atoms with Crippen molar-refractivity contribution in [3.8, 4) is 5.69 Å². The third-order valence-corrected chi connectivity index (χ3v) is 4.71. The number of benzene rings is 1. The van der Waals surface area contributed by atoms with Crippen molar-refractivity contribution in [2.24, 2.45) is 5.41 Å². The average molecular weight is 360 g/mol. The molecule has 1 saturated heterocycles. The third kappa shape index (κ3) is 3.26. The van der Waals surface area contributed by atoms with Gasteiger partial charge in [-0.2, -0.15) is 5.10 Å². The van der Waals surface area contributed by atoms with Crippen LogP contribution in [0.1, 0.15) is 24.7 Å². The number of carboxylic acids is 1. The number of nitrogens with one attached hydrogen (secondary N) is 1. The Labute approximate surface area is 150 Å². The quantitative estimate of drug-likeness (QED) is 0.881. The fourth-order valence-corrected chi connectivity index (χ4v) is 3.14. The van der Waals surface area contributed by atoms with E-state index in [1.54, 1.807) is 19.1 Å². The van der Waals surface area contributed by atoms with Gasteiger partial charge in [-0.1, -0.05) is 0 Å². The van der Waals surface area contributed by atoms with Gasteiger partial charge in [-0.15, -0.1) is 0 Å². The third-order valence-electron chi connectivity index (χ3n) is 4.71. The van der Waals surface area contributed by atoms with Crippen molar-refractivity contribution >= 4 is 17.7 Å². The van der Waals surface area contributed by atoms with E-state index in [1.165, 1.54) is 15.6 Å². The first-order valence-corrected chi connectivity index (χ1v) is 8.32. The Hall–Kier alpha value is -2.90. The summed E-state index contributed by atoms with van der Waals surface area (Å²) >= 11 is 0. The van der Waals surface area contributed by atoms with E-state index in [0.717, 1.165) is 11.4 Å². The Morgan fingerprint density at radius 3 is 2.58 bits per heavy atom. The standard InChI is InChI=1S/C18H21FN4O3/c1-11-8-12(2)23(21-11)15-5-4-13(9-14(15)19)20-17(26)22-7-6-18(3,10-22)16(24)25/h4-5,8-9H,6-7,10H2,1-3H3,(H,20,26)(H,24,25). The summed E-state index contributed by atoms with van der Waals surface area (Å²) in [6.07, 6.45) is 0.390. The lowest BCUT2D eigenvalue weighted by Crippen LogP contribution is -2.37. The Kier molecular flexibility index (Phi) is 4.43. The van der Waals surface area contributed by atoms with Crippen molar-refractivity contribution < 1.29 is 19.1 Å². The molecule has 3 rings (SSSR count). The highest BCUT2D eigenvalue weighted by atomic mass is 19.1. The number of hydrogen-bond acceptors (Lipinski definition) is 3. The van der Waals surface area contributed by atoms with Crippen LogP contribution < -0.4 is 5.32 Å². The maximum Gasteiger partial charge on any atom is 0.321 e.